The Bertz CT molecular complexity index is 367. The fourth-order valence-electron chi connectivity index (χ4n) is 1.63. The van der Waals surface area contributed by atoms with Gasteiger partial charge in [-0.2, -0.15) is 0 Å². The highest BCUT2D eigenvalue weighted by Gasteiger charge is 2.18. The molecule has 5 heteroatoms. The molecule has 0 aromatic heterocycles. The highest BCUT2D eigenvalue weighted by molar-refractivity contribution is 6.30. The molecule has 1 rings (SSSR count). The molecule has 0 aliphatic carbocycles. The van der Waals surface area contributed by atoms with Gasteiger partial charge >= 0.3 is 6.09 Å². The van der Waals surface area contributed by atoms with Crippen molar-refractivity contribution in [3.8, 4) is 0 Å². The molecule has 0 spiro atoms. The van der Waals surface area contributed by atoms with E-state index in [0.717, 1.165) is 5.56 Å². The summed E-state index contributed by atoms with van der Waals surface area (Å²) in [5.41, 5.74) is 1.07. The van der Waals surface area contributed by atoms with Gasteiger partial charge in [-0.25, -0.2) is 4.79 Å². The van der Waals surface area contributed by atoms with Crippen LogP contribution in [-0.4, -0.2) is 42.8 Å². The molecule has 0 aliphatic heterocycles. The van der Waals surface area contributed by atoms with Crippen molar-refractivity contribution in [1.29, 1.82) is 0 Å². The Balaban J connectivity index is 2.72. The van der Waals surface area contributed by atoms with Crippen LogP contribution in [0.3, 0.4) is 0 Å². The molecule has 0 heterocycles. The van der Waals surface area contributed by atoms with Crippen molar-refractivity contribution in [2.24, 2.45) is 0 Å². The summed E-state index contributed by atoms with van der Waals surface area (Å²) < 4.78 is 0. The minimum atomic E-state index is -0.917. The van der Waals surface area contributed by atoms with Gasteiger partial charge in [-0.15, -0.1) is 0 Å². The van der Waals surface area contributed by atoms with Crippen molar-refractivity contribution >= 4 is 17.7 Å². The molecule has 0 unspecified atom stereocenters. The Hall–Kier alpha value is -1.26. The van der Waals surface area contributed by atoms with Gasteiger partial charge in [0.15, 0.2) is 0 Å². The molecule has 94 valence electrons. The molecule has 1 aromatic rings. The van der Waals surface area contributed by atoms with E-state index in [4.69, 9.17) is 16.7 Å². The van der Waals surface area contributed by atoms with Crippen LogP contribution in [0.2, 0.25) is 5.02 Å². The number of halogens is 1. The zero-order valence-electron chi connectivity index (χ0n) is 9.98. The van der Waals surface area contributed by atoms with Crippen LogP contribution >= 0.6 is 11.6 Å². The van der Waals surface area contributed by atoms with Gasteiger partial charge < -0.3 is 15.3 Å². The molecule has 2 N–H and O–H groups in total. The van der Waals surface area contributed by atoms with Crippen molar-refractivity contribution in [1.82, 2.24) is 10.2 Å². The van der Waals surface area contributed by atoms with Crippen molar-refractivity contribution in [2.75, 3.05) is 20.6 Å². The first-order chi connectivity index (χ1) is 8.04. The first-order valence-corrected chi connectivity index (χ1v) is 5.77. The highest BCUT2D eigenvalue weighted by Crippen LogP contribution is 2.12. The van der Waals surface area contributed by atoms with Gasteiger partial charge in [0, 0.05) is 18.6 Å². The lowest BCUT2D eigenvalue weighted by molar-refractivity contribution is 0.138. The van der Waals surface area contributed by atoms with Crippen LogP contribution in [0.1, 0.15) is 5.56 Å². The third kappa shape index (κ3) is 4.24. The molecule has 0 radical (unpaired) electrons. The molecule has 0 saturated carbocycles. The van der Waals surface area contributed by atoms with E-state index in [1.807, 2.05) is 31.3 Å². The summed E-state index contributed by atoms with van der Waals surface area (Å²) in [5, 5.41) is 12.7. The van der Waals surface area contributed by atoms with Crippen LogP contribution in [0.25, 0.3) is 0 Å². The van der Waals surface area contributed by atoms with Gasteiger partial charge in [-0.05, 0) is 31.2 Å². The van der Waals surface area contributed by atoms with Crippen molar-refractivity contribution in [3.05, 3.63) is 34.9 Å². The number of rotatable bonds is 5. The summed E-state index contributed by atoms with van der Waals surface area (Å²) in [4.78, 5) is 12.3. The number of nitrogens with zero attached hydrogens (tertiary/aromatic N) is 1. The standard InChI is InChI=1S/C12H17ClN2O2/c1-14-8-11(15(2)12(16)17)7-9-3-5-10(13)6-4-9/h3-6,11,14H,7-8H2,1-2H3,(H,16,17)/t11-/m1/s1. The number of carbonyl (C=O) groups is 1. The van der Waals surface area contributed by atoms with Crippen LogP contribution in [0.5, 0.6) is 0 Å². The van der Waals surface area contributed by atoms with Gasteiger partial charge in [-0.1, -0.05) is 23.7 Å². The molecule has 1 aromatic carbocycles. The Morgan fingerprint density at radius 2 is 2.06 bits per heavy atom. The fraction of sp³-hybridized carbons (Fsp3) is 0.417. The Morgan fingerprint density at radius 3 is 2.53 bits per heavy atom. The summed E-state index contributed by atoms with van der Waals surface area (Å²) >= 11 is 5.81. The Morgan fingerprint density at radius 1 is 1.47 bits per heavy atom. The molecule has 0 aliphatic rings. The van der Waals surface area contributed by atoms with Gasteiger partial charge in [0.1, 0.15) is 0 Å². The van der Waals surface area contributed by atoms with Crippen LogP contribution in [0.15, 0.2) is 24.3 Å². The fourth-order valence-corrected chi connectivity index (χ4v) is 1.76. The van der Waals surface area contributed by atoms with Crippen molar-refractivity contribution < 1.29 is 9.90 Å². The van der Waals surface area contributed by atoms with Crippen molar-refractivity contribution in [3.63, 3.8) is 0 Å². The number of hydrogen-bond donors (Lipinski definition) is 2. The largest absolute Gasteiger partial charge is 0.465 e. The van der Waals surface area contributed by atoms with E-state index in [2.05, 4.69) is 5.32 Å². The number of likely N-dealkylation sites (N-methyl/N-ethyl adjacent to an activating group) is 2. The maximum Gasteiger partial charge on any atom is 0.407 e. The topological polar surface area (TPSA) is 52.6 Å². The van der Waals surface area contributed by atoms with E-state index < -0.39 is 6.09 Å². The van der Waals surface area contributed by atoms with E-state index >= 15 is 0 Å². The first kappa shape index (κ1) is 13.8. The lowest BCUT2D eigenvalue weighted by Crippen LogP contribution is -2.43. The highest BCUT2D eigenvalue weighted by atomic mass is 35.5. The van der Waals surface area contributed by atoms with Crippen LogP contribution in [0.4, 0.5) is 4.79 Å². The molecule has 0 saturated heterocycles. The average Bonchev–Trinajstić information content (AvgIpc) is 2.30. The summed E-state index contributed by atoms with van der Waals surface area (Å²) in [6.45, 7) is 0.616. The van der Waals surface area contributed by atoms with Crippen LogP contribution < -0.4 is 5.32 Å². The quantitative estimate of drug-likeness (QED) is 0.848. The molecule has 1 amide bonds. The molecule has 1 atom stereocenters. The molecule has 4 nitrogen and oxygen atoms in total. The number of amides is 1. The summed E-state index contributed by atoms with van der Waals surface area (Å²) in [6, 6.07) is 7.38. The van der Waals surface area contributed by atoms with Gasteiger partial charge in [-0.3, -0.25) is 0 Å². The lowest BCUT2D eigenvalue weighted by atomic mass is 10.1. The minimum absolute atomic E-state index is 0.0846. The maximum atomic E-state index is 10.9. The molecule has 0 fully saturated rings. The molecular weight excluding hydrogens is 240 g/mol. The predicted molar refractivity (Wildman–Crippen MR) is 68.7 cm³/mol. The van der Waals surface area contributed by atoms with Gasteiger partial charge in [0.05, 0.1) is 6.04 Å². The van der Waals surface area contributed by atoms with E-state index in [-0.39, 0.29) is 6.04 Å². The average molecular weight is 257 g/mol. The summed E-state index contributed by atoms with van der Waals surface area (Å²) in [6.07, 6.45) is -0.250. The second kappa shape index (κ2) is 6.47. The second-order valence-electron chi connectivity index (χ2n) is 3.94. The van der Waals surface area contributed by atoms with E-state index in [9.17, 15) is 4.79 Å². The summed E-state index contributed by atoms with van der Waals surface area (Å²) in [7, 11) is 3.39. The number of carboxylic acid groups (broad SMARTS) is 1. The van der Waals surface area contributed by atoms with E-state index in [1.165, 1.54) is 4.90 Å². The van der Waals surface area contributed by atoms with E-state index in [0.29, 0.717) is 18.0 Å². The van der Waals surface area contributed by atoms with Crippen LogP contribution in [-0.2, 0) is 6.42 Å². The molecule has 17 heavy (non-hydrogen) atoms. The monoisotopic (exact) mass is 256 g/mol. The lowest BCUT2D eigenvalue weighted by Gasteiger charge is -2.25. The molecule has 0 bridgehead atoms. The first-order valence-electron chi connectivity index (χ1n) is 5.39. The van der Waals surface area contributed by atoms with Crippen LogP contribution in [0, 0.1) is 0 Å². The number of benzene rings is 1. The minimum Gasteiger partial charge on any atom is -0.465 e. The SMILES string of the molecule is CNC[C@@H](Cc1ccc(Cl)cc1)N(C)C(=O)O. The summed E-state index contributed by atoms with van der Waals surface area (Å²) in [5.74, 6) is 0. The zero-order chi connectivity index (χ0) is 12.8. The maximum absolute atomic E-state index is 10.9. The smallest absolute Gasteiger partial charge is 0.407 e. The second-order valence-corrected chi connectivity index (χ2v) is 4.37. The normalized spacial score (nSPS) is 12.2. The Kier molecular flexibility index (Phi) is 5.25. The Labute approximate surface area is 106 Å². The predicted octanol–water partition coefficient (Wildman–Crippen LogP) is 2.08. The number of hydrogen-bond acceptors (Lipinski definition) is 2. The molecular formula is C12H17ClN2O2. The van der Waals surface area contributed by atoms with Gasteiger partial charge in [0.2, 0.25) is 0 Å². The van der Waals surface area contributed by atoms with Crippen molar-refractivity contribution in [2.45, 2.75) is 12.5 Å². The number of nitrogens with one attached hydrogen (secondary N) is 1. The third-order valence-electron chi connectivity index (χ3n) is 2.67. The van der Waals surface area contributed by atoms with E-state index in [1.54, 1.807) is 7.05 Å². The third-order valence-corrected chi connectivity index (χ3v) is 2.93. The van der Waals surface area contributed by atoms with Gasteiger partial charge in [0.25, 0.3) is 0 Å². The zero-order valence-corrected chi connectivity index (χ0v) is 10.7.